The van der Waals surface area contributed by atoms with Crippen molar-refractivity contribution in [2.45, 2.75) is 39.8 Å². The second-order valence-corrected chi connectivity index (χ2v) is 6.06. The van der Waals surface area contributed by atoms with Crippen LogP contribution in [-0.4, -0.2) is 10.5 Å². The zero-order valence-corrected chi connectivity index (χ0v) is 12.5. The monoisotopic (exact) mass is 278 g/mol. The lowest BCUT2D eigenvalue weighted by molar-refractivity contribution is 0.421. The summed E-state index contributed by atoms with van der Waals surface area (Å²) in [4.78, 5) is 4.47. The standard InChI is InChI=1S/C15H19ClN2O/c1-10-6-5-7-12(13(10)16)14-18-11(9-19-14)8-17-15(2,3)4/h5-7,9,17H,8H2,1-4H3. The molecule has 0 saturated heterocycles. The van der Waals surface area contributed by atoms with Gasteiger partial charge in [0.25, 0.3) is 0 Å². The van der Waals surface area contributed by atoms with Crippen LogP contribution < -0.4 is 5.32 Å². The van der Waals surface area contributed by atoms with Gasteiger partial charge in [0.15, 0.2) is 0 Å². The molecule has 2 aromatic rings. The molecule has 4 heteroatoms. The first-order chi connectivity index (χ1) is 8.87. The van der Waals surface area contributed by atoms with E-state index in [1.807, 2.05) is 25.1 Å². The van der Waals surface area contributed by atoms with Gasteiger partial charge in [-0.15, -0.1) is 0 Å². The smallest absolute Gasteiger partial charge is 0.227 e. The summed E-state index contributed by atoms with van der Waals surface area (Å²) < 4.78 is 5.52. The van der Waals surface area contributed by atoms with E-state index in [1.165, 1.54) is 0 Å². The molecule has 1 aromatic carbocycles. The molecule has 0 amide bonds. The highest BCUT2D eigenvalue weighted by Crippen LogP contribution is 2.29. The summed E-state index contributed by atoms with van der Waals surface area (Å²) in [5.41, 5.74) is 2.79. The van der Waals surface area contributed by atoms with E-state index in [2.05, 4.69) is 31.1 Å². The zero-order valence-electron chi connectivity index (χ0n) is 11.7. The minimum atomic E-state index is 0.0556. The number of nitrogens with one attached hydrogen (secondary N) is 1. The van der Waals surface area contributed by atoms with Crippen LogP contribution in [0.1, 0.15) is 32.0 Å². The largest absolute Gasteiger partial charge is 0.444 e. The number of hydrogen-bond acceptors (Lipinski definition) is 3. The maximum Gasteiger partial charge on any atom is 0.227 e. The normalized spacial score (nSPS) is 11.8. The Morgan fingerprint density at radius 2 is 2.05 bits per heavy atom. The van der Waals surface area contributed by atoms with Crippen LogP contribution in [0.2, 0.25) is 5.02 Å². The van der Waals surface area contributed by atoms with E-state index < -0.39 is 0 Å². The van der Waals surface area contributed by atoms with Crippen molar-refractivity contribution in [1.29, 1.82) is 0 Å². The van der Waals surface area contributed by atoms with Gasteiger partial charge in [-0.1, -0.05) is 23.7 Å². The van der Waals surface area contributed by atoms with Gasteiger partial charge in [0.2, 0.25) is 5.89 Å². The molecule has 0 spiro atoms. The first kappa shape index (κ1) is 14.1. The van der Waals surface area contributed by atoms with Crippen molar-refractivity contribution in [3.8, 4) is 11.5 Å². The van der Waals surface area contributed by atoms with Gasteiger partial charge < -0.3 is 9.73 Å². The molecule has 0 aliphatic heterocycles. The third kappa shape index (κ3) is 3.58. The lowest BCUT2D eigenvalue weighted by Gasteiger charge is -2.19. The molecule has 1 aromatic heterocycles. The van der Waals surface area contributed by atoms with Gasteiger partial charge >= 0.3 is 0 Å². The van der Waals surface area contributed by atoms with Gasteiger partial charge in [-0.05, 0) is 39.3 Å². The van der Waals surface area contributed by atoms with Crippen molar-refractivity contribution >= 4 is 11.6 Å². The number of rotatable bonds is 3. The number of nitrogens with zero attached hydrogens (tertiary/aromatic N) is 1. The molecular weight excluding hydrogens is 260 g/mol. The van der Waals surface area contributed by atoms with Gasteiger partial charge in [0.05, 0.1) is 16.3 Å². The lowest BCUT2D eigenvalue weighted by atomic mass is 10.1. The summed E-state index contributed by atoms with van der Waals surface area (Å²) in [6, 6.07) is 5.84. The van der Waals surface area contributed by atoms with Crippen LogP contribution in [0.25, 0.3) is 11.5 Å². The van der Waals surface area contributed by atoms with Crippen molar-refractivity contribution in [3.63, 3.8) is 0 Å². The summed E-state index contributed by atoms with van der Waals surface area (Å²) in [5, 5.41) is 4.07. The Bertz CT molecular complexity index is 570. The fraction of sp³-hybridized carbons (Fsp3) is 0.400. The van der Waals surface area contributed by atoms with Crippen molar-refractivity contribution in [2.75, 3.05) is 0 Å². The summed E-state index contributed by atoms with van der Waals surface area (Å²) in [6.07, 6.45) is 1.67. The second-order valence-electron chi connectivity index (χ2n) is 5.68. The summed E-state index contributed by atoms with van der Waals surface area (Å²) >= 11 is 6.27. The van der Waals surface area contributed by atoms with Gasteiger partial charge in [-0.25, -0.2) is 4.98 Å². The average molecular weight is 279 g/mol. The Morgan fingerprint density at radius 3 is 2.74 bits per heavy atom. The Kier molecular flexibility index (Phi) is 3.97. The molecule has 0 aliphatic rings. The third-order valence-corrected chi connectivity index (χ3v) is 3.28. The van der Waals surface area contributed by atoms with E-state index in [9.17, 15) is 0 Å². The number of oxazole rings is 1. The lowest BCUT2D eigenvalue weighted by Crippen LogP contribution is -2.35. The summed E-state index contributed by atoms with van der Waals surface area (Å²) in [7, 11) is 0. The Morgan fingerprint density at radius 1 is 1.32 bits per heavy atom. The fourth-order valence-electron chi connectivity index (χ4n) is 1.68. The Labute approximate surface area is 119 Å². The number of hydrogen-bond donors (Lipinski definition) is 1. The maximum atomic E-state index is 6.27. The van der Waals surface area contributed by atoms with Crippen molar-refractivity contribution in [2.24, 2.45) is 0 Å². The van der Waals surface area contributed by atoms with Crippen LogP contribution in [0.15, 0.2) is 28.9 Å². The molecule has 3 nitrogen and oxygen atoms in total. The van der Waals surface area contributed by atoms with Gasteiger partial charge in [-0.2, -0.15) is 0 Å². The molecule has 19 heavy (non-hydrogen) atoms. The number of aryl methyl sites for hydroxylation is 1. The molecule has 2 rings (SSSR count). The number of aromatic nitrogens is 1. The van der Waals surface area contributed by atoms with E-state index in [4.69, 9.17) is 16.0 Å². The van der Waals surface area contributed by atoms with Crippen LogP contribution >= 0.6 is 11.6 Å². The van der Waals surface area contributed by atoms with E-state index >= 15 is 0 Å². The second kappa shape index (κ2) is 5.35. The molecular formula is C15H19ClN2O. The fourth-order valence-corrected chi connectivity index (χ4v) is 1.89. The van der Waals surface area contributed by atoms with Crippen molar-refractivity contribution < 1.29 is 4.42 Å². The SMILES string of the molecule is Cc1cccc(-c2nc(CNC(C)(C)C)co2)c1Cl. The topological polar surface area (TPSA) is 38.1 Å². The van der Waals surface area contributed by atoms with E-state index in [0.717, 1.165) is 16.8 Å². The first-order valence-corrected chi connectivity index (χ1v) is 6.69. The molecule has 0 saturated carbocycles. The molecule has 0 aliphatic carbocycles. The van der Waals surface area contributed by atoms with Crippen LogP contribution in [0.3, 0.4) is 0 Å². The summed E-state index contributed by atoms with van der Waals surface area (Å²) in [6.45, 7) is 9.00. The molecule has 102 valence electrons. The third-order valence-electron chi connectivity index (χ3n) is 2.77. The maximum absolute atomic E-state index is 6.27. The quantitative estimate of drug-likeness (QED) is 0.915. The first-order valence-electron chi connectivity index (χ1n) is 6.32. The van der Waals surface area contributed by atoms with Crippen LogP contribution in [-0.2, 0) is 6.54 Å². The van der Waals surface area contributed by atoms with Gasteiger partial charge in [0.1, 0.15) is 6.26 Å². The minimum Gasteiger partial charge on any atom is -0.444 e. The van der Waals surface area contributed by atoms with Crippen molar-refractivity contribution in [3.05, 3.63) is 40.7 Å². The molecule has 1 heterocycles. The number of benzene rings is 1. The van der Waals surface area contributed by atoms with Crippen LogP contribution in [0.5, 0.6) is 0 Å². The van der Waals surface area contributed by atoms with Crippen molar-refractivity contribution in [1.82, 2.24) is 10.3 Å². The highest BCUT2D eigenvalue weighted by Gasteiger charge is 2.13. The Hall–Kier alpha value is -1.32. The molecule has 0 radical (unpaired) electrons. The highest BCUT2D eigenvalue weighted by molar-refractivity contribution is 6.33. The predicted octanol–water partition coefficient (Wildman–Crippen LogP) is 4.19. The van der Waals surface area contributed by atoms with E-state index in [1.54, 1.807) is 6.26 Å². The average Bonchev–Trinajstić information content (AvgIpc) is 2.78. The van der Waals surface area contributed by atoms with Crippen LogP contribution in [0, 0.1) is 6.92 Å². The Balaban J connectivity index is 2.19. The molecule has 0 atom stereocenters. The van der Waals surface area contributed by atoms with Gasteiger partial charge in [0, 0.05) is 12.1 Å². The molecule has 1 N–H and O–H groups in total. The molecule has 0 unspecified atom stereocenters. The zero-order chi connectivity index (χ0) is 14.0. The van der Waals surface area contributed by atoms with Crippen LogP contribution in [0.4, 0.5) is 0 Å². The van der Waals surface area contributed by atoms with E-state index in [0.29, 0.717) is 17.5 Å². The molecule has 0 fully saturated rings. The highest BCUT2D eigenvalue weighted by atomic mass is 35.5. The molecule has 0 bridgehead atoms. The summed E-state index contributed by atoms with van der Waals surface area (Å²) in [5.74, 6) is 0.569. The number of halogens is 1. The van der Waals surface area contributed by atoms with E-state index in [-0.39, 0.29) is 5.54 Å². The van der Waals surface area contributed by atoms with Gasteiger partial charge in [-0.3, -0.25) is 0 Å². The minimum absolute atomic E-state index is 0.0556. The predicted molar refractivity (Wildman–Crippen MR) is 78.3 cm³/mol.